The van der Waals surface area contributed by atoms with Crippen molar-refractivity contribution in [2.75, 3.05) is 24.5 Å². The van der Waals surface area contributed by atoms with Crippen LogP contribution in [0.5, 0.6) is 0 Å². The number of amides is 2. The van der Waals surface area contributed by atoms with Crippen LogP contribution in [-0.2, 0) is 16.1 Å². The van der Waals surface area contributed by atoms with Gasteiger partial charge in [-0.05, 0) is 24.3 Å². The molecular weight excluding hydrogens is 407 g/mol. The van der Waals surface area contributed by atoms with E-state index in [1.807, 2.05) is 28.8 Å². The van der Waals surface area contributed by atoms with Crippen molar-refractivity contribution in [3.63, 3.8) is 0 Å². The molecule has 2 heterocycles. The van der Waals surface area contributed by atoms with Gasteiger partial charge in [-0.15, -0.1) is 13.2 Å². The maximum absolute atomic E-state index is 14.3. The molecule has 2 aromatic carbocycles. The van der Waals surface area contributed by atoms with E-state index < -0.39 is 5.82 Å². The Morgan fingerprint density at radius 1 is 1.12 bits per heavy atom. The third kappa shape index (κ3) is 4.06. The van der Waals surface area contributed by atoms with Crippen LogP contribution in [-0.4, -0.2) is 45.9 Å². The quantitative estimate of drug-likeness (QED) is 0.508. The van der Waals surface area contributed by atoms with Crippen LogP contribution < -0.4 is 4.90 Å². The van der Waals surface area contributed by atoms with Crippen molar-refractivity contribution in [1.82, 2.24) is 14.5 Å². The average molecular weight is 432 g/mol. The molecule has 164 valence electrons. The first-order valence-electron chi connectivity index (χ1n) is 10.5. The fraction of sp³-hybridized carbons (Fsp3) is 0.240. The highest BCUT2D eigenvalue weighted by Crippen LogP contribution is 2.34. The first kappa shape index (κ1) is 21.5. The Labute approximate surface area is 186 Å². The summed E-state index contributed by atoms with van der Waals surface area (Å²) in [6.45, 7) is 8.66. The van der Waals surface area contributed by atoms with Gasteiger partial charge in [0.15, 0.2) is 0 Å². The van der Waals surface area contributed by atoms with E-state index in [1.165, 1.54) is 11.0 Å². The molecule has 1 atom stereocenters. The molecular formula is C25H25FN4O2. The highest BCUT2D eigenvalue weighted by atomic mass is 19.1. The summed E-state index contributed by atoms with van der Waals surface area (Å²) in [7, 11) is 0. The van der Waals surface area contributed by atoms with Crippen molar-refractivity contribution in [1.29, 1.82) is 0 Å². The lowest BCUT2D eigenvalue weighted by Gasteiger charge is -2.21. The molecule has 0 radical (unpaired) electrons. The Kier molecular flexibility index (Phi) is 6.16. The molecule has 6 nitrogen and oxygen atoms in total. The van der Waals surface area contributed by atoms with Gasteiger partial charge in [-0.25, -0.2) is 9.37 Å². The van der Waals surface area contributed by atoms with Crippen LogP contribution in [0.1, 0.15) is 18.2 Å². The molecule has 0 spiro atoms. The first-order chi connectivity index (χ1) is 15.5. The predicted octanol–water partition coefficient (Wildman–Crippen LogP) is 3.90. The van der Waals surface area contributed by atoms with Gasteiger partial charge in [0.2, 0.25) is 11.8 Å². The minimum absolute atomic E-state index is 0.0852. The largest absolute Gasteiger partial charge is 0.334 e. The number of para-hydroxylation sites is 3. The van der Waals surface area contributed by atoms with E-state index in [2.05, 4.69) is 13.2 Å². The molecule has 1 saturated heterocycles. The molecule has 1 unspecified atom stereocenters. The van der Waals surface area contributed by atoms with Crippen LogP contribution >= 0.6 is 0 Å². The number of carbonyl (C=O) groups is 2. The second-order valence-corrected chi connectivity index (χ2v) is 7.78. The molecule has 2 amide bonds. The average Bonchev–Trinajstić information content (AvgIpc) is 3.34. The molecule has 3 aromatic rings. The molecule has 1 aliphatic heterocycles. The number of aromatic nitrogens is 2. The van der Waals surface area contributed by atoms with Gasteiger partial charge in [0.1, 0.15) is 18.2 Å². The Balaban J connectivity index is 1.68. The Hall–Kier alpha value is -3.74. The van der Waals surface area contributed by atoms with Gasteiger partial charge in [0.05, 0.1) is 16.7 Å². The van der Waals surface area contributed by atoms with Gasteiger partial charge in [0.25, 0.3) is 0 Å². The number of benzene rings is 2. The number of hydrogen-bond donors (Lipinski definition) is 0. The maximum Gasteiger partial charge on any atom is 0.243 e. The summed E-state index contributed by atoms with van der Waals surface area (Å²) in [4.78, 5) is 33.7. The third-order valence-corrected chi connectivity index (χ3v) is 5.66. The zero-order valence-electron chi connectivity index (χ0n) is 17.8. The molecule has 0 aliphatic carbocycles. The molecule has 0 N–H and O–H groups in total. The molecule has 32 heavy (non-hydrogen) atoms. The smallest absolute Gasteiger partial charge is 0.243 e. The Bertz CT molecular complexity index is 1180. The van der Waals surface area contributed by atoms with E-state index >= 15 is 0 Å². The van der Waals surface area contributed by atoms with Crippen LogP contribution in [0.15, 0.2) is 73.8 Å². The number of halogens is 1. The topological polar surface area (TPSA) is 58.4 Å². The van der Waals surface area contributed by atoms with Crippen LogP contribution in [0.3, 0.4) is 0 Å². The summed E-state index contributed by atoms with van der Waals surface area (Å²) in [6, 6.07) is 13.8. The van der Waals surface area contributed by atoms with Crippen molar-refractivity contribution in [3.8, 4) is 0 Å². The third-order valence-electron chi connectivity index (χ3n) is 5.66. The summed E-state index contributed by atoms with van der Waals surface area (Å²) < 4.78 is 16.2. The Morgan fingerprint density at radius 2 is 1.81 bits per heavy atom. The minimum atomic E-state index is -0.435. The SMILES string of the molecule is C=CCN(CC=C)C(=O)Cn1c(C2CC(=O)N(c3ccccc3F)C2)nc2ccccc21. The lowest BCUT2D eigenvalue weighted by molar-refractivity contribution is -0.130. The number of rotatable bonds is 8. The van der Waals surface area contributed by atoms with E-state index in [4.69, 9.17) is 4.98 Å². The lowest BCUT2D eigenvalue weighted by Crippen LogP contribution is -2.34. The molecule has 0 bridgehead atoms. The van der Waals surface area contributed by atoms with Gasteiger partial charge in [-0.2, -0.15) is 0 Å². The van der Waals surface area contributed by atoms with E-state index in [9.17, 15) is 14.0 Å². The highest BCUT2D eigenvalue weighted by Gasteiger charge is 2.36. The van der Waals surface area contributed by atoms with Crippen molar-refractivity contribution in [2.24, 2.45) is 0 Å². The molecule has 7 heteroatoms. The number of nitrogens with zero attached hydrogens (tertiary/aromatic N) is 4. The second-order valence-electron chi connectivity index (χ2n) is 7.78. The Morgan fingerprint density at radius 3 is 2.53 bits per heavy atom. The fourth-order valence-electron chi connectivity index (χ4n) is 4.18. The lowest BCUT2D eigenvalue weighted by atomic mass is 10.1. The molecule has 1 fully saturated rings. The molecule has 4 rings (SSSR count). The van der Waals surface area contributed by atoms with Crippen LogP contribution in [0.4, 0.5) is 10.1 Å². The van der Waals surface area contributed by atoms with Gasteiger partial charge in [-0.3, -0.25) is 9.59 Å². The summed E-state index contributed by atoms with van der Waals surface area (Å²) in [5, 5.41) is 0. The zero-order valence-corrected chi connectivity index (χ0v) is 17.8. The monoisotopic (exact) mass is 432 g/mol. The maximum atomic E-state index is 14.3. The standard InChI is InChI=1S/C25H25FN4O2/c1-3-13-28(14-4-2)24(32)17-30-22-12-8-6-10-20(22)27-25(30)18-15-23(31)29(16-18)21-11-7-5-9-19(21)26/h3-12,18H,1-2,13-17H2. The summed E-state index contributed by atoms with van der Waals surface area (Å²) >= 11 is 0. The number of carbonyl (C=O) groups excluding carboxylic acids is 2. The highest BCUT2D eigenvalue weighted by molar-refractivity contribution is 5.96. The normalized spacial score (nSPS) is 15.8. The molecule has 1 aliphatic rings. The van der Waals surface area contributed by atoms with Crippen molar-refractivity contribution >= 4 is 28.5 Å². The number of imidazole rings is 1. The van der Waals surface area contributed by atoms with Crippen molar-refractivity contribution in [3.05, 3.63) is 85.5 Å². The van der Waals surface area contributed by atoms with E-state index in [0.717, 1.165) is 11.0 Å². The van der Waals surface area contributed by atoms with Crippen molar-refractivity contribution < 1.29 is 14.0 Å². The van der Waals surface area contributed by atoms with Gasteiger partial charge < -0.3 is 14.4 Å². The summed E-state index contributed by atoms with van der Waals surface area (Å²) in [5.41, 5.74) is 1.85. The molecule has 1 aromatic heterocycles. The van der Waals surface area contributed by atoms with Gasteiger partial charge in [0, 0.05) is 32.0 Å². The van der Waals surface area contributed by atoms with Crippen LogP contribution in [0, 0.1) is 5.82 Å². The summed E-state index contributed by atoms with van der Waals surface area (Å²) in [6.07, 6.45) is 3.56. The van der Waals surface area contributed by atoms with Gasteiger partial charge >= 0.3 is 0 Å². The fourth-order valence-corrected chi connectivity index (χ4v) is 4.18. The summed E-state index contributed by atoms with van der Waals surface area (Å²) in [5.74, 6) is -0.289. The van der Waals surface area contributed by atoms with Crippen molar-refractivity contribution in [2.45, 2.75) is 18.9 Å². The van der Waals surface area contributed by atoms with E-state index in [0.29, 0.717) is 25.5 Å². The van der Waals surface area contributed by atoms with E-state index in [-0.39, 0.29) is 36.4 Å². The number of fused-ring (bicyclic) bond motifs is 1. The zero-order chi connectivity index (χ0) is 22.7. The minimum Gasteiger partial charge on any atom is -0.334 e. The second kappa shape index (κ2) is 9.18. The van der Waals surface area contributed by atoms with Gasteiger partial charge in [-0.1, -0.05) is 36.4 Å². The number of hydrogen-bond acceptors (Lipinski definition) is 3. The number of anilines is 1. The van der Waals surface area contributed by atoms with Crippen LogP contribution in [0.2, 0.25) is 0 Å². The van der Waals surface area contributed by atoms with Crippen LogP contribution in [0.25, 0.3) is 11.0 Å². The van der Waals surface area contributed by atoms with E-state index in [1.54, 1.807) is 35.3 Å². The molecule has 0 saturated carbocycles. The first-order valence-corrected chi connectivity index (χ1v) is 10.5. The predicted molar refractivity (Wildman–Crippen MR) is 123 cm³/mol.